The Labute approximate surface area is 107 Å². The van der Waals surface area contributed by atoms with Gasteiger partial charge in [0.15, 0.2) is 11.6 Å². The first-order valence-electron chi connectivity index (χ1n) is 5.49. The first kappa shape index (κ1) is 13.3. The van der Waals surface area contributed by atoms with Crippen molar-refractivity contribution in [3.63, 3.8) is 0 Å². The van der Waals surface area contributed by atoms with Crippen LogP contribution in [0.5, 0.6) is 5.75 Å². The number of hydrogen-bond donors (Lipinski definition) is 1. The van der Waals surface area contributed by atoms with Gasteiger partial charge in [-0.1, -0.05) is 0 Å². The number of anilines is 1. The second-order valence-electron chi connectivity index (χ2n) is 3.87. The molecule has 1 heterocycles. The number of nitrogens with zero attached hydrogens (tertiary/aromatic N) is 2. The number of benzene rings is 1. The number of halogens is 3. The molecule has 0 saturated carbocycles. The molecule has 0 aliphatic heterocycles. The van der Waals surface area contributed by atoms with Gasteiger partial charge in [-0.15, -0.1) is 0 Å². The van der Waals surface area contributed by atoms with E-state index in [0.29, 0.717) is 12.2 Å². The van der Waals surface area contributed by atoms with Crippen LogP contribution in [-0.4, -0.2) is 16.2 Å². The Morgan fingerprint density at radius 2 is 2.21 bits per heavy atom. The highest BCUT2D eigenvalue weighted by Crippen LogP contribution is 2.23. The van der Waals surface area contributed by atoms with Gasteiger partial charge in [0.05, 0.1) is 18.6 Å². The molecule has 0 amide bonds. The number of ether oxygens (including phenoxy) is 1. The van der Waals surface area contributed by atoms with Crippen molar-refractivity contribution in [3.05, 3.63) is 42.2 Å². The third-order valence-electron chi connectivity index (χ3n) is 2.54. The molecule has 0 unspecified atom stereocenters. The molecule has 102 valence electrons. The van der Waals surface area contributed by atoms with E-state index in [-0.39, 0.29) is 0 Å². The van der Waals surface area contributed by atoms with Crippen LogP contribution in [0.4, 0.5) is 18.9 Å². The summed E-state index contributed by atoms with van der Waals surface area (Å²) in [4.78, 5) is 3.94. The van der Waals surface area contributed by atoms with Gasteiger partial charge in [0.1, 0.15) is 0 Å². The van der Waals surface area contributed by atoms with Crippen LogP contribution < -0.4 is 10.1 Å². The first-order chi connectivity index (χ1) is 9.06. The summed E-state index contributed by atoms with van der Waals surface area (Å²) in [7, 11) is 1.84. The summed E-state index contributed by atoms with van der Waals surface area (Å²) in [5.74, 6) is -1.31. The van der Waals surface area contributed by atoms with Crippen molar-refractivity contribution in [1.29, 1.82) is 0 Å². The van der Waals surface area contributed by atoms with Crippen LogP contribution >= 0.6 is 0 Å². The zero-order valence-corrected chi connectivity index (χ0v) is 10.1. The Balaban J connectivity index is 2.02. The number of aromatic nitrogens is 2. The molecule has 0 aliphatic carbocycles. The minimum absolute atomic E-state index is 0.449. The number of hydrogen-bond acceptors (Lipinski definition) is 3. The molecule has 0 atom stereocenters. The van der Waals surface area contributed by atoms with Gasteiger partial charge in [-0.25, -0.2) is 9.37 Å². The van der Waals surface area contributed by atoms with Crippen LogP contribution in [0.25, 0.3) is 0 Å². The van der Waals surface area contributed by atoms with Gasteiger partial charge in [-0.3, -0.25) is 0 Å². The molecule has 0 spiro atoms. The predicted molar refractivity (Wildman–Crippen MR) is 63.6 cm³/mol. The van der Waals surface area contributed by atoms with E-state index >= 15 is 0 Å². The van der Waals surface area contributed by atoms with Crippen LogP contribution in [0.15, 0.2) is 30.7 Å². The fourth-order valence-corrected chi connectivity index (χ4v) is 1.55. The normalized spacial score (nSPS) is 10.8. The van der Waals surface area contributed by atoms with Crippen LogP contribution in [0.1, 0.15) is 5.69 Å². The third kappa shape index (κ3) is 3.40. The van der Waals surface area contributed by atoms with E-state index in [4.69, 9.17) is 0 Å². The van der Waals surface area contributed by atoms with Gasteiger partial charge >= 0.3 is 6.61 Å². The summed E-state index contributed by atoms with van der Waals surface area (Å²) in [5.41, 5.74) is 1.38. The standard InChI is InChI=1S/C12H12F3N3O/c1-18-7-16-5-9(18)6-17-8-2-3-11(10(13)4-8)19-12(14)15/h2-5,7,12,17H,6H2,1H3. The second-order valence-corrected chi connectivity index (χ2v) is 3.87. The van der Waals surface area contributed by atoms with Gasteiger partial charge in [0.25, 0.3) is 0 Å². The molecule has 1 aromatic heterocycles. The zero-order chi connectivity index (χ0) is 13.8. The smallest absolute Gasteiger partial charge is 0.387 e. The van der Waals surface area contributed by atoms with E-state index in [2.05, 4.69) is 15.0 Å². The molecule has 1 aromatic carbocycles. The lowest BCUT2D eigenvalue weighted by atomic mass is 10.3. The summed E-state index contributed by atoms with van der Waals surface area (Å²) in [5, 5.41) is 2.97. The van der Waals surface area contributed by atoms with Crippen LogP contribution in [0.3, 0.4) is 0 Å². The van der Waals surface area contributed by atoms with Gasteiger partial charge in [-0.05, 0) is 12.1 Å². The SMILES string of the molecule is Cn1cncc1CNc1ccc(OC(F)F)c(F)c1. The lowest BCUT2D eigenvalue weighted by Crippen LogP contribution is -2.06. The predicted octanol–water partition coefficient (Wildman–Crippen LogP) is 2.77. The molecule has 7 heteroatoms. The Hall–Kier alpha value is -2.18. The van der Waals surface area contributed by atoms with E-state index in [1.54, 1.807) is 12.5 Å². The monoisotopic (exact) mass is 271 g/mol. The molecular formula is C12H12F3N3O. The minimum Gasteiger partial charge on any atom is -0.432 e. The fraction of sp³-hybridized carbons (Fsp3) is 0.250. The van der Waals surface area contributed by atoms with Crippen molar-refractivity contribution in [3.8, 4) is 5.75 Å². The van der Waals surface area contributed by atoms with Crippen molar-refractivity contribution in [1.82, 2.24) is 9.55 Å². The Bertz CT molecular complexity index is 557. The summed E-state index contributed by atoms with van der Waals surface area (Å²) >= 11 is 0. The van der Waals surface area contributed by atoms with E-state index in [1.165, 1.54) is 6.07 Å². The molecule has 2 aromatic rings. The largest absolute Gasteiger partial charge is 0.432 e. The second kappa shape index (κ2) is 5.64. The number of alkyl halides is 2. The molecule has 0 fully saturated rings. The number of imidazole rings is 1. The average molecular weight is 271 g/mol. The molecule has 2 rings (SSSR count). The summed E-state index contributed by atoms with van der Waals surface area (Å²) in [6.45, 7) is -2.59. The quantitative estimate of drug-likeness (QED) is 0.908. The molecule has 0 radical (unpaired) electrons. The number of nitrogens with one attached hydrogen (secondary N) is 1. The zero-order valence-electron chi connectivity index (χ0n) is 10.1. The third-order valence-corrected chi connectivity index (χ3v) is 2.54. The maximum Gasteiger partial charge on any atom is 0.387 e. The number of rotatable bonds is 5. The Morgan fingerprint density at radius 1 is 1.42 bits per heavy atom. The molecule has 1 N–H and O–H groups in total. The molecule has 0 aliphatic rings. The molecular weight excluding hydrogens is 259 g/mol. The highest BCUT2D eigenvalue weighted by Gasteiger charge is 2.10. The lowest BCUT2D eigenvalue weighted by Gasteiger charge is -2.09. The van der Waals surface area contributed by atoms with Crippen molar-refractivity contribution in [2.24, 2.45) is 7.05 Å². The van der Waals surface area contributed by atoms with Crippen LogP contribution in [0.2, 0.25) is 0 Å². The van der Waals surface area contributed by atoms with Gasteiger partial charge < -0.3 is 14.6 Å². The maximum atomic E-state index is 13.4. The summed E-state index contributed by atoms with van der Waals surface area (Å²) in [6, 6.07) is 3.73. The van der Waals surface area contributed by atoms with Crippen molar-refractivity contribution < 1.29 is 17.9 Å². The summed E-state index contributed by atoms with van der Waals surface area (Å²) < 4.78 is 43.2. The lowest BCUT2D eigenvalue weighted by molar-refractivity contribution is -0.0521. The van der Waals surface area contributed by atoms with Crippen LogP contribution in [0, 0.1) is 5.82 Å². The van der Waals surface area contributed by atoms with Crippen molar-refractivity contribution in [2.75, 3.05) is 5.32 Å². The van der Waals surface area contributed by atoms with E-state index in [1.807, 2.05) is 11.6 Å². The highest BCUT2D eigenvalue weighted by atomic mass is 19.3. The molecule has 0 saturated heterocycles. The first-order valence-corrected chi connectivity index (χ1v) is 5.49. The van der Waals surface area contributed by atoms with Crippen molar-refractivity contribution >= 4 is 5.69 Å². The number of aryl methyl sites for hydroxylation is 1. The minimum atomic E-state index is -3.04. The van der Waals surface area contributed by atoms with Gasteiger partial charge in [0.2, 0.25) is 0 Å². The Morgan fingerprint density at radius 3 is 2.79 bits per heavy atom. The molecule has 0 bridgehead atoms. The van der Waals surface area contributed by atoms with Gasteiger partial charge in [0, 0.05) is 25.0 Å². The van der Waals surface area contributed by atoms with E-state index in [0.717, 1.165) is 17.8 Å². The molecule has 19 heavy (non-hydrogen) atoms. The molecule has 4 nitrogen and oxygen atoms in total. The highest BCUT2D eigenvalue weighted by molar-refractivity contribution is 5.47. The summed E-state index contributed by atoms with van der Waals surface area (Å²) in [6.07, 6.45) is 3.33. The van der Waals surface area contributed by atoms with E-state index < -0.39 is 18.2 Å². The fourth-order valence-electron chi connectivity index (χ4n) is 1.55. The average Bonchev–Trinajstić information content (AvgIpc) is 2.75. The van der Waals surface area contributed by atoms with E-state index in [9.17, 15) is 13.2 Å². The van der Waals surface area contributed by atoms with Gasteiger partial charge in [-0.2, -0.15) is 8.78 Å². The van der Waals surface area contributed by atoms with Crippen molar-refractivity contribution in [2.45, 2.75) is 13.2 Å². The van der Waals surface area contributed by atoms with Crippen LogP contribution in [-0.2, 0) is 13.6 Å². The Kier molecular flexibility index (Phi) is 3.94. The topological polar surface area (TPSA) is 39.1 Å². The maximum absolute atomic E-state index is 13.4.